The highest BCUT2D eigenvalue weighted by atomic mass is 32.1. The van der Waals surface area contributed by atoms with Crippen LogP contribution in [0.15, 0.2) is 29.8 Å². The predicted octanol–water partition coefficient (Wildman–Crippen LogP) is 1.99. The van der Waals surface area contributed by atoms with Gasteiger partial charge in [-0.15, -0.1) is 11.3 Å². The van der Waals surface area contributed by atoms with Crippen molar-refractivity contribution in [3.63, 3.8) is 0 Å². The van der Waals surface area contributed by atoms with E-state index in [1.54, 1.807) is 29.8 Å². The van der Waals surface area contributed by atoms with Crippen LogP contribution in [0.5, 0.6) is 5.75 Å². The first-order chi connectivity index (χ1) is 8.20. The number of nitrogens with two attached hydrogens (primary N) is 1. The van der Waals surface area contributed by atoms with Crippen LogP contribution in [0.25, 0.3) is 0 Å². The minimum atomic E-state index is -0.241. The van der Waals surface area contributed by atoms with E-state index in [0.717, 1.165) is 0 Å². The monoisotopic (exact) mass is 249 g/mol. The van der Waals surface area contributed by atoms with Crippen LogP contribution < -0.4 is 15.8 Å². The van der Waals surface area contributed by atoms with Crippen LogP contribution in [0.4, 0.5) is 10.8 Å². The molecule has 1 aromatic heterocycles. The fourth-order valence-corrected chi connectivity index (χ4v) is 1.85. The van der Waals surface area contributed by atoms with Crippen molar-refractivity contribution in [1.29, 1.82) is 0 Å². The van der Waals surface area contributed by atoms with Gasteiger partial charge in [0.15, 0.2) is 5.13 Å². The highest BCUT2D eigenvalue weighted by Gasteiger charge is 2.09. The molecule has 0 aliphatic carbocycles. The quantitative estimate of drug-likeness (QED) is 0.815. The first-order valence-electron chi connectivity index (χ1n) is 4.85. The van der Waals surface area contributed by atoms with Crippen molar-refractivity contribution in [2.75, 3.05) is 18.2 Å². The second kappa shape index (κ2) is 4.84. The fraction of sp³-hybridized carbons (Fsp3) is 0.0909. The topological polar surface area (TPSA) is 77.2 Å². The van der Waals surface area contributed by atoms with Gasteiger partial charge in [0.25, 0.3) is 5.91 Å². The second-order valence-corrected chi connectivity index (χ2v) is 4.14. The number of carbonyl (C=O) groups excluding carboxylic acids is 1. The number of methoxy groups -OCH3 is 1. The maximum atomic E-state index is 11.8. The number of carbonyl (C=O) groups is 1. The molecule has 1 heterocycles. The molecule has 1 aromatic carbocycles. The zero-order chi connectivity index (χ0) is 12.3. The molecule has 0 radical (unpaired) electrons. The number of rotatable bonds is 3. The standard InChI is InChI=1S/C11H11N3O2S/c1-16-9-3-2-7(6-8(9)12)10(15)14-11-13-4-5-17-11/h2-6H,12H2,1H3,(H,13,14,15). The number of nitrogen functional groups attached to an aromatic ring is 1. The normalized spacial score (nSPS) is 9.94. The van der Waals surface area contributed by atoms with Crippen molar-refractivity contribution in [3.8, 4) is 5.75 Å². The summed E-state index contributed by atoms with van der Waals surface area (Å²) in [6.45, 7) is 0. The smallest absolute Gasteiger partial charge is 0.257 e. The summed E-state index contributed by atoms with van der Waals surface area (Å²) < 4.78 is 5.02. The van der Waals surface area contributed by atoms with E-state index in [1.807, 2.05) is 0 Å². The zero-order valence-electron chi connectivity index (χ0n) is 9.14. The molecule has 0 saturated heterocycles. The molecule has 0 unspecified atom stereocenters. The van der Waals surface area contributed by atoms with E-state index in [0.29, 0.717) is 22.1 Å². The molecular weight excluding hydrogens is 238 g/mol. The van der Waals surface area contributed by atoms with Gasteiger partial charge in [-0.05, 0) is 18.2 Å². The van der Waals surface area contributed by atoms with E-state index >= 15 is 0 Å². The van der Waals surface area contributed by atoms with Crippen LogP contribution >= 0.6 is 11.3 Å². The molecule has 2 rings (SSSR count). The third-order valence-corrected chi connectivity index (χ3v) is 2.83. The van der Waals surface area contributed by atoms with E-state index in [9.17, 15) is 4.79 Å². The van der Waals surface area contributed by atoms with Crippen molar-refractivity contribution in [3.05, 3.63) is 35.3 Å². The number of nitrogens with one attached hydrogen (secondary N) is 1. The van der Waals surface area contributed by atoms with Crippen molar-refractivity contribution in [1.82, 2.24) is 4.98 Å². The molecule has 0 fully saturated rings. The number of thiazole rings is 1. The third-order valence-electron chi connectivity index (χ3n) is 2.14. The molecule has 6 heteroatoms. The number of ether oxygens (including phenoxy) is 1. The molecule has 88 valence electrons. The van der Waals surface area contributed by atoms with Gasteiger partial charge in [0, 0.05) is 17.1 Å². The van der Waals surface area contributed by atoms with Gasteiger partial charge < -0.3 is 10.5 Å². The van der Waals surface area contributed by atoms with Gasteiger partial charge in [0.1, 0.15) is 5.75 Å². The Hall–Kier alpha value is -2.08. The Bertz CT molecular complexity index is 526. The molecule has 0 saturated carbocycles. The number of nitrogens with zero attached hydrogens (tertiary/aromatic N) is 1. The molecular formula is C11H11N3O2S. The Kier molecular flexibility index (Phi) is 3.24. The Morgan fingerprint density at radius 3 is 2.94 bits per heavy atom. The predicted molar refractivity (Wildman–Crippen MR) is 67.5 cm³/mol. The number of benzene rings is 1. The van der Waals surface area contributed by atoms with E-state index < -0.39 is 0 Å². The third kappa shape index (κ3) is 2.54. The number of anilines is 2. The number of hydrogen-bond acceptors (Lipinski definition) is 5. The molecule has 0 spiro atoms. The number of amides is 1. The molecule has 0 aliphatic heterocycles. The summed E-state index contributed by atoms with van der Waals surface area (Å²) in [5.74, 6) is 0.310. The lowest BCUT2D eigenvalue weighted by Gasteiger charge is -2.06. The highest BCUT2D eigenvalue weighted by molar-refractivity contribution is 7.13. The van der Waals surface area contributed by atoms with Gasteiger partial charge in [-0.2, -0.15) is 0 Å². The molecule has 0 aliphatic rings. The van der Waals surface area contributed by atoms with Gasteiger partial charge in [-0.25, -0.2) is 4.98 Å². The average molecular weight is 249 g/mol. The van der Waals surface area contributed by atoms with Gasteiger partial charge >= 0.3 is 0 Å². The summed E-state index contributed by atoms with van der Waals surface area (Å²) in [6, 6.07) is 4.88. The fourth-order valence-electron chi connectivity index (χ4n) is 1.33. The summed E-state index contributed by atoms with van der Waals surface area (Å²) in [7, 11) is 1.53. The molecule has 17 heavy (non-hydrogen) atoms. The lowest BCUT2D eigenvalue weighted by molar-refractivity contribution is 0.102. The van der Waals surface area contributed by atoms with E-state index in [-0.39, 0.29) is 5.91 Å². The van der Waals surface area contributed by atoms with Crippen LogP contribution in [0, 0.1) is 0 Å². The van der Waals surface area contributed by atoms with E-state index in [4.69, 9.17) is 10.5 Å². The Balaban J connectivity index is 2.17. The summed E-state index contributed by atoms with van der Waals surface area (Å²) in [5.41, 5.74) is 6.63. The van der Waals surface area contributed by atoms with Crippen molar-refractivity contribution < 1.29 is 9.53 Å². The maximum absolute atomic E-state index is 11.8. The highest BCUT2D eigenvalue weighted by Crippen LogP contribution is 2.22. The van der Waals surface area contributed by atoms with Crippen LogP contribution in [-0.4, -0.2) is 18.0 Å². The van der Waals surface area contributed by atoms with Crippen LogP contribution in [0.2, 0.25) is 0 Å². The molecule has 1 amide bonds. The molecule has 0 atom stereocenters. The van der Waals surface area contributed by atoms with Crippen LogP contribution in [-0.2, 0) is 0 Å². The Morgan fingerprint density at radius 1 is 1.53 bits per heavy atom. The van der Waals surface area contributed by atoms with Gasteiger partial charge in [-0.3, -0.25) is 10.1 Å². The summed E-state index contributed by atoms with van der Waals surface area (Å²) in [4.78, 5) is 15.8. The van der Waals surface area contributed by atoms with Crippen LogP contribution in [0.1, 0.15) is 10.4 Å². The van der Waals surface area contributed by atoms with Crippen molar-refractivity contribution >= 4 is 28.1 Å². The van der Waals surface area contributed by atoms with Gasteiger partial charge in [0.05, 0.1) is 12.8 Å². The summed E-state index contributed by atoms with van der Waals surface area (Å²) in [5, 5.41) is 5.02. The van der Waals surface area contributed by atoms with Crippen molar-refractivity contribution in [2.24, 2.45) is 0 Å². The minimum Gasteiger partial charge on any atom is -0.495 e. The molecule has 2 aromatic rings. The Morgan fingerprint density at radius 2 is 2.35 bits per heavy atom. The number of hydrogen-bond donors (Lipinski definition) is 2. The average Bonchev–Trinajstić information content (AvgIpc) is 2.81. The van der Waals surface area contributed by atoms with E-state index in [2.05, 4.69) is 10.3 Å². The van der Waals surface area contributed by atoms with Crippen molar-refractivity contribution in [2.45, 2.75) is 0 Å². The Labute approximate surface area is 102 Å². The SMILES string of the molecule is COc1ccc(C(=O)Nc2nccs2)cc1N. The molecule has 0 bridgehead atoms. The number of aromatic nitrogens is 1. The van der Waals surface area contributed by atoms with Gasteiger partial charge in [-0.1, -0.05) is 0 Å². The lowest BCUT2D eigenvalue weighted by atomic mass is 10.2. The second-order valence-electron chi connectivity index (χ2n) is 3.25. The van der Waals surface area contributed by atoms with Crippen LogP contribution in [0.3, 0.4) is 0 Å². The molecule has 3 N–H and O–H groups in total. The first kappa shape index (κ1) is 11.4. The first-order valence-corrected chi connectivity index (χ1v) is 5.73. The largest absolute Gasteiger partial charge is 0.495 e. The summed E-state index contributed by atoms with van der Waals surface area (Å²) >= 11 is 1.36. The van der Waals surface area contributed by atoms with E-state index in [1.165, 1.54) is 18.4 Å². The zero-order valence-corrected chi connectivity index (χ0v) is 9.95. The maximum Gasteiger partial charge on any atom is 0.257 e. The summed E-state index contributed by atoms with van der Waals surface area (Å²) in [6.07, 6.45) is 1.63. The molecule has 5 nitrogen and oxygen atoms in total. The lowest BCUT2D eigenvalue weighted by Crippen LogP contribution is -2.12. The van der Waals surface area contributed by atoms with Gasteiger partial charge in [0.2, 0.25) is 0 Å². The minimum absolute atomic E-state index is 0.241.